The third-order valence-electron chi connectivity index (χ3n) is 4.70. The molecule has 20 heavy (non-hydrogen) atoms. The fraction of sp³-hybridized carbons (Fsp3) is 0.824. The van der Waals surface area contributed by atoms with Crippen molar-refractivity contribution in [2.45, 2.75) is 58.8 Å². The minimum Gasteiger partial charge on any atom is -0.316 e. The van der Waals surface area contributed by atoms with Gasteiger partial charge in [0.05, 0.1) is 5.01 Å². The summed E-state index contributed by atoms with van der Waals surface area (Å²) in [7, 11) is 0. The number of rotatable bonds is 8. The average molecular weight is 295 g/mol. The van der Waals surface area contributed by atoms with Crippen LogP contribution in [0.25, 0.3) is 0 Å². The maximum Gasteiger partial charge on any atom is 0.0927 e. The molecule has 0 radical (unpaired) electrons. The van der Waals surface area contributed by atoms with Crippen molar-refractivity contribution in [3.05, 3.63) is 16.6 Å². The zero-order chi connectivity index (χ0) is 14.2. The summed E-state index contributed by atoms with van der Waals surface area (Å²) in [6.45, 7) is 6.95. The Labute approximate surface area is 128 Å². The summed E-state index contributed by atoms with van der Waals surface area (Å²) in [5.41, 5.74) is 0. The highest BCUT2D eigenvalue weighted by molar-refractivity contribution is 7.09. The third kappa shape index (κ3) is 4.85. The smallest absolute Gasteiger partial charge is 0.0927 e. The molecule has 1 N–H and O–H groups in total. The van der Waals surface area contributed by atoms with Crippen LogP contribution in [-0.4, -0.2) is 18.1 Å². The first kappa shape index (κ1) is 16.0. The second kappa shape index (κ2) is 8.78. The fourth-order valence-corrected chi connectivity index (χ4v) is 4.37. The van der Waals surface area contributed by atoms with E-state index in [-0.39, 0.29) is 0 Å². The summed E-state index contributed by atoms with van der Waals surface area (Å²) in [6, 6.07) is 0. The van der Waals surface area contributed by atoms with Gasteiger partial charge in [-0.15, -0.1) is 11.3 Å². The van der Waals surface area contributed by atoms with Crippen molar-refractivity contribution in [1.82, 2.24) is 10.3 Å². The van der Waals surface area contributed by atoms with Crippen molar-refractivity contribution in [2.75, 3.05) is 13.1 Å². The van der Waals surface area contributed by atoms with E-state index in [0.717, 1.165) is 17.8 Å². The molecule has 0 spiro atoms. The Bertz CT molecular complexity index is 350. The molecule has 0 aliphatic heterocycles. The highest BCUT2D eigenvalue weighted by Crippen LogP contribution is 2.38. The minimum absolute atomic E-state index is 0.843. The van der Waals surface area contributed by atoms with Gasteiger partial charge in [-0.05, 0) is 50.1 Å². The summed E-state index contributed by atoms with van der Waals surface area (Å²) in [5.74, 6) is 2.67. The molecule has 0 aromatic carbocycles. The Hall–Kier alpha value is -0.410. The average Bonchev–Trinajstić information content (AvgIpc) is 2.95. The maximum absolute atomic E-state index is 4.51. The van der Waals surface area contributed by atoms with Crippen molar-refractivity contribution < 1.29 is 0 Å². The normalized spacial score (nSPS) is 26.8. The van der Waals surface area contributed by atoms with Crippen LogP contribution in [0.1, 0.15) is 57.4 Å². The SMILES string of the molecule is CCCNCC1CCC(CCC)CC1Cc1nccs1. The van der Waals surface area contributed by atoms with E-state index in [1.807, 2.05) is 17.5 Å². The van der Waals surface area contributed by atoms with Crippen LogP contribution < -0.4 is 5.32 Å². The van der Waals surface area contributed by atoms with Crippen molar-refractivity contribution in [3.8, 4) is 0 Å². The van der Waals surface area contributed by atoms with Gasteiger partial charge < -0.3 is 5.32 Å². The van der Waals surface area contributed by atoms with E-state index in [9.17, 15) is 0 Å². The molecule has 1 aliphatic carbocycles. The highest BCUT2D eigenvalue weighted by Gasteiger charge is 2.30. The first-order valence-electron chi connectivity index (χ1n) is 8.42. The lowest BCUT2D eigenvalue weighted by molar-refractivity contribution is 0.167. The monoisotopic (exact) mass is 294 g/mol. The van der Waals surface area contributed by atoms with Crippen molar-refractivity contribution in [2.24, 2.45) is 17.8 Å². The molecule has 1 aliphatic rings. The predicted octanol–water partition coefficient (Wildman–Crippen LogP) is 4.52. The van der Waals surface area contributed by atoms with Gasteiger partial charge in [-0.3, -0.25) is 0 Å². The molecule has 2 rings (SSSR count). The first-order valence-corrected chi connectivity index (χ1v) is 9.30. The lowest BCUT2D eigenvalue weighted by Gasteiger charge is -2.36. The zero-order valence-electron chi connectivity index (χ0n) is 13.1. The van der Waals surface area contributed by atoms with Crippen molar-refractivity contribution in [3.63, 3.8) is 0 Å². The van der Waals surface area contributed by atoms with Crippen LogP contribution in [0.2, 0.25) is 0 Å². The van der Waals surface area contributed by atoms with E-state index in [2.05, 4.69) is 29.5 Å². The number of nitrogens with zero attached hydrogens (tertiary/aromatic N) is 1. The number of hydrogen-bond acceptors (Lipinski definition) is 3. The second-order valence-electron chi connectivity index (χ2n) is 6.32. The van der Waals surface area contributed by atoms with Gasteiger partial charge in [0.1, 0.15) is 0 Å². The molecular weight excluding hydrogens is 264 g/mol. The van der Waals surface area contributed by atoms with E-state index < -0.39 is 0 Å². The maximum atomic E-state index is 4.51. The molecule has 0 bridgehead atoms. The number of hydrogen-bond donors (Lipinski definition) is 1. The van der Waals surface area contributed by atoms with Crippen LogP contribution in [0.4, 0.5) is 0 Å². The molecule has 3 heteroatoms. The van der Waals surface area contributed by atoms with E-state index in [0.29, 0.717) is 0 Å². The Kier molecular flexibility index (Phi) is 7.01. The van der Waals surface area contributed by atoms with E-state index in [1.165, 1.54) is 63.0 Å². The van der Waals surface area contributed by atoms with Crippen LogP contribution in [0.5, 0.6) is 0 Å². The van der Waals surface area contributed by atoms with Crippen LogP contribution in [-0.2, 0) is 6.42 Å². The molecule has 114 valence electrons. The van der Waals surface area contributed by atoms with Crippen molar-refractivity contribution >= 4 is 11.3 Å². The molecule has 1 aromatic heterocycles. The minimum atomic E-state index is 0.843. The van der Waals surface area contributed by atoms with Crippen LogP contribution in [0.15, 0.2) is 11.6 Å². The Morgan fingerprint density at radius 3 is 2.85 bits per heavy atom. The number of thiazole rings is 1. The van der Waals surface area contributed by atoms with Crippen LogP contribution in [0, 0.1) is 17.8 Å². The first-order chi connectivity index (χ1) is 9.83. The molecule has 0 saturated heterocycles. The van der Waals surface area contributed by atoms with Gasteiger partial charge in [0.2, 0.25) is 0 Å². The Morgan fingerprint density at radius 1 is 1.25 bits per heavy atom. The molecule has 0 amide bonds. The summed E-state index contributed by atoms with van der Waals surface area (Å²) in [4.78, 5) is 4.51. The molecule has 2 nitrogen and oxygen atoms in total. The Morgan fingerprint density at radius 2 is 2.15 bits per heavy atom. The van der Waals surface area contributed by atoms with Gasteiger partial charge in [0.15, 0.2) is 0 Å². The number of nitrogens with one attached hydrogen (secondary N) is 1. The third-order valence-corrected chi connectivity index (χ3v) is 5.50. The largest absolute Gasteiger partial charge is 0.316 e. The van der Waals surface area contributed by atoms with Gasteiger partial charge in [-0.2, -0.15) is 0 Å². The molecular formula is C17H30N2S. The molecule has 1 fully saturated rings. The van der Waals surface area contributed by atoms with Gasteiger partial charge >= 0.3 is 0 Å². The predicted molar refractivity (Wildman–Crippen MR) is 88.2 cm³/mol. The Balaban J connectivity index is 1.90. The standard InChI is InChI=1S/C17H30N2S/c1-3-5-14-6-7-15(13-18-8-4-2)16(11-14)12-17-19-9-10-20-17/h9-10,14-16,18H,3-8,11-13H2,1-2H3. The summed E-state index contributed by atoms with van der Waals surface area (Å²) >= 11 is 1.83. The molecule has 3 atom stereocenters. The van der Waals surface area contributed by atoms with Gasteiger partial charge in [0.25, 0.3) is 0 Å². The van der Waals surface area contributed by atoms with Crippen LogP contribution in [0.3, 0.4) is 0 Å². The lowest BCUT2D eigenvalue weighted by Crippen LogP contribution is -2.34. The number of aromatic nitrogens is 1. The quantitative estimate of drug-likeness (QED) is 0.713. The topological polar surface area (TPSA) is 24.9 Å². The summed E-state index contributed by atoms with van der Waals surface area (Å²) < 4.78 is 0. The lowest BCUT2D eigenvalue weighted by atomic mass is 9.71. The molecule has 1 heterocycles. The van der Waals surface area contributed by atoms with Gasteiger partial charge in [-0.1, -0.05) is 33.1 Å². The fourth-order valence-electron chi connectivity index (χ4n) is 3.66. The molecule has 1 aromatic rings. The summed E-state index contributed by atoms with van der Waals surface area (Å²) in [6.07, 6.45) is 11.4. The molecule has 3 unspecified atom stereocenters. The van der Waals surface area contributed by atoms with Crippen LogP contribution >= 0.6 is 11.3 Å². The van der Waals surface area contributed by atoms with Gasteiger partial charge in [0, 0.05) is 18.0 Å². The van der Waals surface area contributed by atoms with Crippen molar-refractivity contribution in [1.29, 1.82) is 0 Å². The summed E-state index contributed by atoms with van der Waals surface area (Å²) in [5, 5.41) is 7.10. The highest BCUT2D eigenvalue weighted by atomic mass is 32.1. The zero-order valence-corrected chi connectivity index (χ0v) is 13.9. The van der Waals surface area contributed by atoms with E-state index >= 15 is 0 Å². The van der Waals surface area contributed by atoms with Gasteiger partial charge in [-0.25, -0.2) is 4.98 Å². The van der Waals surface area contributed by atoms with E-state index in [1.54, 1.807) is 0 Å². The molecule has 1 saturated carbocycles. The van der Waals surface area contributed by atoms with E-state index in [4.69, 9.17) is 0 Å². The second-order valence-corrected chi connectivity index (χ2v) is 7.30.